The number of carbonyl (C=O) groups is 3. The molecule has 4 rings (SSSR count). The average Bonchev–Trinajstić information content (AvgIpc) is 3.28. The number of hydrazine groups is 1. The van der Waals surface area contributed by atoms with Gasteiger partial charge in [0.2, 0.25) is 0 Å². The number of thioether (sulfide) groups is 1. The molecule has 6 nitrogen and oxygen atoms in total. The van der Waals surface area contributed by atoms with Gasteiger partial charge in [-0.15, -0.1) is 0 Å². The summed E-state index contributed by atoms with van der Waals surface area (Å²) >= 11 is 6.24. The minimum atomic E-state index is -0.475. The van der Waals surface area contributed by atoms with Crippen LogP contribution < -0.4 is 0 Å². The topological polar surface area (TPSA) is 81.5 Å². The van der Waals surface area contributed by atoms with Crippen molar-refractivity contribution in [2.45, 2.75) is 6.42 Å². The summed E-state index contributed by atoms with van der Waals surface area (Å²) in [6.07, 6.45) is 2.20. The lowest BCUT2D eigenvalue weighted by atomic mass is 10.1. The number of carbonyl (C=O) groups excluding carboxylic acids is 3. The lowest BCUT2D eigenvalue weighted by molar-refractivity contribution is -0.160. The van der Waals surface area contributed by atoms with E-state index in [1.54, 1.807) is 30.3 Å². The summed E-state index contributed by atoms with van der Waals surface area (Å²) in [6.45, 7) is 0. The van der Waals surface area contributed by atoms with Crippen LogP contribution in [0.5, 0.6) is 0 Å². The maximum absolute atomic E-state index is 12.6. The maximum Gasteiger partial charge on any atom is 0.285 e. The van der Waals surface area contributed by atoms with Crippen molar-refractivity contribution in [2.24, 2.45) is 11.8 Å². The van der Waals surface area contributed by atoms with Crippen LogP contribution in [-0.4, -0.2) is 32.1 Å². The van der Waals surface area contributed by atoms with E-state index in [2.05, 4.69) is 0 Å². The van der Waals surface area contributed by atoms with Crippen LogP contribution in [0.15, 0.2) is 29.2 Å². The van der Waals surface area contributed by atoms with Crippen molar-refractivity contribution < 1.29 is 14.4 Å². The van der Waals surface area contributed by atoms with Gasteiger partial charge in [-0.3, -0.25) is 14.4 Å². The fourth-order valence-corrected chi connectivity index (χ4v) is 4.04. The molecule has 2 saturated heterocycles. The highest BCUT2D eigenvalue weighted by molar-refractivity contribution is 8.26. The first-order valence-corrected chi connectivity index (χ1v) is 8.39. The number of benzene rings is 1. The third-order valence-electron chi connectivity index (χ3n) is 4.15. The molecule has 1 aliphatic carbocycles. The standard InChI is InChI=1S/C16H9N3O3S2/c17-7-9-3-1-8(2-4-9)5-12-15(22)19(16(23)24-12)18-13(20)10-6-11(10)14(18)21/h1-5,10-11H,6H2/b12-5-/t10-,11-/m0/s1. The minimum Gasteiger partial charge on any atom is -0.272 e. The molecule has 3 amide bonds. The summed E-state index contributed by atoms with van der Waals surface area (Å²) in [7, 11) is 0. The second kappa shape index (κ2) is 5.26. The van der Waals surface area contributed by atoms with Gasteiger partial charge in [0.1, 0.15) is 0 Å². The summed E-state index contributed by atoms with van der Waals surface area (Å²) in [5.74, 6) is -1.74. The quantitative estimate of drug-likeness (QED) is 0.456. The Morgan fingerprint density at radius 3 is 2.33 bits per heavy atom. The Kier molecular flexibility index (Phi) is 3.30. The Morgan fingerprint density at radius 1 is 1.12 bits per heavy atom. The van der Waals surface area contributed by atoms with Gasteiger partial charge in [-0.25, -0.2) is 0 Å². The van der Waals surface area contributed by atoms with Crippen LogP contribution in [0.3, 0.4) is 0 Å². The molecule has 0 N–H and O–H groups in total. The van der Waals surface area contributed by atoms with Crippen LogP contribution in [0.25, 0.3) is 6.08 Å². The third kappa shape index (κ3) is 2.17. The second-order valence-corrected chi connectivity index (χ2v) is 7.34. The molecule has 2 heterocycles. The summed E-state index contributed by atoms with van der Waals surface area (Å²) in [4.78, 5) is 37.3. The van der Waals surface area contributed by atoms with E-state index in [-0.39, 0.29) is 28.0 Å². The average molecular weight is 355 g/mol. The van der Waals surface area contributed by atoms with E-state index in [0.717, 1.165) is 27.3 Å². The molecule has 0 spiro atoms. The normalized spacial score (nSPS) is 27.0. The lowest BCUT2D eigenvalue weighted by Crippen LogP contribution is -2.50. The molecule has 0 bridgehead atoms. The first kappa shape index (κ1) is 15.1. The number of fused-ring (bicyclic) bond motifs is 1. The first-order chi connectivity index (χ1) is 11.5. The van der Waals surface area contributed by atoms with Crippen LogP contribution in [0, 0.1) is 23.2 Å². The van der Waals surface area contributed by atoms with E-state index < -0.39 is 5.91 Å². The van der Waals surface area contributed by atoms with Crippen LogP contribution in [0.4, 0.5) is 0 Å². The molecule has 8 heteroatoms. The van der Waals surface area contributed by atoms with E-state index in [4.69, 9.17) is 17.5 Å². The van der Waals surface area contributed by atoms with E-state index >= 15 is 0 Å². The summed E-state index contributed by atoms with van der Waals surface area (Å²) in [5, 5.41) is 10.7. The summed E-state index contributed by atoms with van der Waals surface area (Å²) < 4.78 is 0.169. The van der Waals surface area contributed by atoms with Crippen molar-refractivity contribution in [3.63, 3.8) is 0 Å². The smallest absolute Gasteiger partial charge is 0.272 e. The van der Waals surface area contributed by atoms with Gasteiger partial charge in [-0.1, -0.05) is 23.9 Å². The fraction of sp³-hybridized carbons (Fsp3) is 0.188. The molecular formula is C16H9N3O3S2. The van der Waals surface area contributed by atoms with Gasteiger partial charge in [0.05, 0.1) is 28.4 Å². The number of amides is 3. The van der Waals surface area contributed by atoms with Gasteiger partial charge in [0, 0.05) is 0 Å². The zero-order valence-electron chi connectivity index (χ0n) is 12.1. The van der Waals surface area contributed by atoms with Crippen molar-refractivity contribution in [1.29, 1.82) is 5.26 Å². The largest absolute Gasteiger partial charge is 0.285 e. The highest BCUT2D eigenvalue weighted by Gasteiger charge is 2.62. The Bertz CT molecular complexity index is 865. The second-order valence-electron chi connectivity index (χ2n) is 5.66. The highest BCUT2D eigenvalue weighted by Crippen LogP contribution is 2.49. The van der Waals surface area contributed by atoms with Crippen molar-refractivity contribution in [3.8, 4) is 6.07 Å². The van der Waals surface area contributed by atoms with Gasteiger partial charge in [0.25, 0.3) is 17.7 Å². The minimum absolute atomic E-state index is 0.169. The predicted octanol–water partition coefficient (Wildman–Crippen LogP) is 1.68. The number of piperidine rings is 1. The molecule has 24 heavy (non-hydrogen) atoms. The van der Waals surface area contributed by atoms with Crippen LogP contribution in [-0.2, 0) is 14.4 Å². The monoisotopic (exact) mass is 355 g/mol. The molecule has 118 valence electrons. The molecule has 0 unspecified atom stereocenters. The first-order valence-electron chi connectivity index (χ1n) is 7.17. The van der Waals surface area contributed by atoms with Gasteiger partial charge < -0.3 is 0 Å². The molecule has 3 fully saturated rings. The molecule has 2 aliphatic heterocycles. The number of imide groups is 1. The number of nitrogens with zero attached hydrogens (tertiary/aromatic N) is 3. The van der Waals surface area contributed by atoms with Crippen molar-refractivity contribution in [2.75, 3.05) is 0 Å². The Hall–Kier alpha value is -2.50. The van der Waals surface area contributed by atoms with Crippen molar-refractivity contribution >= 4 is 52.1 Å². The number of hydrogen-bond acceptors (Lipinski definition) is 6. The molecule has 1 aromatic rings. The molecule has 0 aromatic heterocycles. The number of rotatable bonds is 2. The predicted molar refractivity (Wildman–Crippen MR) is 89.6 cm³/mol. The van der Waals surface area contributed by atoms with Crippen molar-refractivity contribution in [1.82, 2.24) is 10.0 Å². The fourth-order valence-electron chi connectivity index (χ4n) is 2.80. The number of nitriles is 1. The van der Waals surface area contributed by atoms with Crippen LogP contribution >= 0.6 is 24.0 Å². The van der Waals surface area contributed by atoms with Gasteiger partial charge >= 0.3 is 0 Å². The van der Waals surface area contributed by atoms with Crippen molar-refractivity contribution in [3.05, 3.63) is 40.3 Å². The van der Waals surface area contributed by atoms with Crippen LogP contribution in [0.2, 0.25) is 0 Å². The Morgan fingerprint density at radius 2 is 1.75 bits per heavy atom. The van der Waals surface area contributed by atoms with E-state index in [1.165, 1.54) is 0 Å². The van der Waals surface area contributed by atoms with E-state index in [0.29, 0.717) is 16.9 Å². The van der Waals surface area contributed by atoms with Gasteiger partial charge in [-0.2, -0.15) is 15.3 Å². The summed E-state index contributed by atoms with van der Waals surface area (Å²) in [6, 6.07) is 8.74. The third-order valence-corrected chi connectivity index (χ3v) is 5.44. The SMILES string of the molecule is N#Cc1ccc(/C=C2\SC(=S)N(N3C(=O)[C@H]4C[C@@H]4C3=O)C2=O)cc1. The molecular weight excluding hydrogens is 346 g/mol. The number of hydrogen-bond donors (Lipinski definition) is 0. The Labute approximate surface area is 146 Å². The van der Waals surface area contributed by atoms with Crippen LogP contribution in [0.1, 0.15) is 17.5 Å². The lowest BCUT2D eigenvalue weighted by Gasteiger charge is -2.25. The molecule has 3 aliphatic rings. The highest BCUT2D eigenvalue weighted by atomic mass is 32.2. The van der Waals surface area contributed by atoms with Gasteiger partial charge in [-0.05, 0) is 42.4 Å². The molecule has 1 saturated carbocycles. The Balaban J connectivity index is 1.61. The van der Waals surface area contributed by atoms with E-state index in [9.17, 15) is 14.4 Å². The maximum atomic E-state index is 12.6. The van der Waals surface area contributed by atoms with Gasteiger partial charge in [0.15, 0.2) is 4.32 Å². The molecule has 1 aromatic carbocycles. The zero-order valence-corrected chi connectivity index (χ0v) is 13.8. The number of thiocarbonyl (C=S) groups is 1. The zero-order chi connectivity index (χ0) is 17.0. The summed E-state index contributed by atoms with van der Waals surface area (Å²) in [5.41, 5.74) is 1.25. The molecule has 0 radical (unpaired) electrons. The molecule has 2 atom stereocenters. The van der Waals surface area contributed by atoms with E-state index in [1.807, 2.05) is 6.07 Å².